The van der Waals surface area contributed by atoms with Gasteiger partial charge >= 0.3 is 5.97 Å². The van der Waals surface area contributed by atoms with Crippen molar-refractivity contribution < 1.29 is 19.7 Å². The van der Waals surface area contributed by atoms with Crippen LogP contribution in [0, 0.1) is 11.8 Å². The number of aliphatic hydroxyl groups is 1. The molecule has 1 aromatic heterocycles. The average Bonchev–Trinajstić information content (AvgIpc) is 3.25. The van der Waals surface area contributed by atoms with Crippen molar-refractivity contribution in [3.05, 3.63) is 51.7 Å². The van der Waals surface area contributed by atoms with E-state index in [2.05, 4.69) is 13.0 Å². The van der Waals surface area contributed by atoms with Gasteiger partial charge in [0.25, 0.3) is 0 Å². The molecule has 0 radical (unpaired) electrons. The standard InChI is InChI=1S/C22H27ClO4S/c1-2-14-5-3-6-15(11-14)27-13-18-17(19(23)12-20(18)24)8-4-7-16-9-10-21(28-16)22(25)26/h3,5-6,9-11,17-20,24H,2,4,7-8,12-13H2,1H3,(H,25,26). The van der Waals surface area contributed by atoms with Gasteiger partial charge < -0.3 is 14.9 Å². The Morgan fingerprint density at radius 3 is 2.82 bits per heavy atom. The number of carboxylic acid groups (broad SMARTS) is 1. The average molecular weight is 423 g/mol. The Kier molecular flexibility index (Phi) is 7.38. The third kappa shape index (κ3) is 5.28. The largest absolute Gasteiger partial charge is 0.493 e. The number of aryl methyl sites for hydroxylation is 2. The summed E-state index contributed by atoms with van der Waals surface area (Å²) in [7, 11) is 0. The number of carboxylic acids is 1. The van der Waals surface area contributed by atoms with E-state index in [0.717, 1.165) is 36.3 Å². The first kappa shape index (κ1) is 21.2. The monoisotopic (exact) mass is 422 g/mol. The second-order valence-corrected chi connectivity index (χ2v) is 9.15. The maximum Gasteiger partial charge on any atom is 0.345 e. The third-order valence-corrected chi connectivity index (χ3v) is 7.19. The lowest BCUT2D eigenvalue weighted by atomic mass is 9.90. The molecule has 0 aliphatic heterocycles. The van der Waals surface area contributed by atoms with Crippen LogP contribution in [-0.2, 0) is 12.8 Å². The number of thiophene rings is 1. The van der Waals surface area contributed by atoms with Crippen LogP contribution in [-0.4, -0.2) is 34.3 Å². The van der Waals surface area contributed by atoms with Gasteiger partial charge in [-0.15, -0.1) is 22.9 Å². The summed E-state index contributed by atoms with van der Waals surface area (Å²) in [5, 5.41) is 19.4. The lowest BCUT2D eigenvalue weighted by Gasteiger charge is -2.23. The molecule has 0 spiro atoms. The van der Waals surface area contributed by atoms with Crippen LogP contribution in [0.15, 0.2) is 36.4 Å². The van der Waals surface area contributed by atoms with Crippen LogP contribution in [0.4, 0.5) is 0 Å². The molecule has 1 aliphatic carbocycles. The van der Waals surface area contributed by atoms with E-state index in [1.807, 2.05) is 24.3 Å². The van der Waals surface area contributed by atoms with Gasteiger partial charge in [0.1, 0.15) is 10.6 Å². The van der Waals surface area contributed by atoms with Gasteiger partial charge in [-0.3, -0.25) is 0 Å². The van der Waals surface area contributed by atoms with Gasteiger partial charge in [-0.05, 0) is 67.9 Å². The summed E-state index contributed by atoms with van der Waals surface area (Å²) in [5.41, 5.74) is 1.23. The number of aliphatic hydroxyl groups excluding tert-OH is 1. The predicted octanol–water partition coefficient (Wildman–Crippen LogP) is 5.01. The molecular weight excluding hydrogens is 396 g/mol. The first-order valence-corrected chi connectivity index (χ1v) is 11.1. The highest BCUT2D eigenvalue weighted by atomic mass is 35.5. The molecule has 28 heavy (non-hydrogen) atoms. The summed E-state index contributed by atoms with van der Waals surface area (Å²) < 4.78 is 5.99. The third-order valence-electron chi connectivity index (χ3n) is 5.56. The fourth-order valence-electron chi connectivity index (χ4n) is 3.95. The van der Waals surface area contributed by atoms with Gasteiger partial charge in [-0.2, -0.15) is 0 Å². The van der Waals surface area contributed by atoms with Crippen molar-refractivity contribution in [3.8, 4) is 5.75 Å². The molecule has 3 rings (SSSR count). The van der Waals surface area contributed by atoms with E-state index < -0.39 is 12.1 Å². The van der Waals surface area contributed by atoms with Crippen LogP contribution < -0.4 is 4.74 Å². The van der Waals surface area contributed by atoms with Crippen LogP contribution in [0.5, 0.6) is 5.75 Å². The van der Waals surface area contributed by atoms with Crippen molar-refractivity contribution in [3.63, 3.8) is 0 Å². The number of benzene rings is 1. The first-order chi connectivity index (χ1) is 13.5. The van der Waals surface area contributed by atoms with Gasteiger partial charge in [0.05, 0.1) is 12.7 Å². The lowest BCUT2D eigenvalue weighted by molar-refractivity contribution is 0.0701. The maximum absolute atomic E-state index is 11.0. The Bertz CT molecular complexity index is 790. The Hall–Kier alpha value is -1.56. The van der Waals surface area contributed by atoms with Crippen LogP contribution in [0.3, 0.4) is 0 Å². The highest BCUT2D eigenvalue weighted by Gasteiger charge is 2.41. The Labute approximate surface area is 175 Å². The number of alkyl halides is 1. The van der Waals surface area contributed by atoms with Crippen molar-refractivity contribution in [1.29, 1.82) is 0 Å². The van der Waals surface area contributed by atoms with Gasteiger partial charge in [-0.1, -0.05) is 19.1 Å². The van der Waals surface area contributed by atoms with Crippen molar-refractivity contribution in [2.75, 3.05) is 6.61 Å². The molecule has 152 valence electrons. The van der Waals surface area contributed by atoms with Gasteiger partial charge in [0, 0.05) is 16.2 Å². The number of carbonyl (C=O) groups is 1. The molecule has 0 amide bonds. The molecule has 2 aromatic rings. The highest BCUT2D eigenvalue weighted by Crippen LogP contribution is 2.39. The fourth-order valence-corrected chi connectivity index (χ4v) is 5.33. The quantitative estimate of drug-likeness (QED) is 0.557. The highest BCUT2D eigenvalue weighted by molar-refractivity contribution is 7.13. The van der Waals surface area contributed by atoms with E-state index in [9.17, 15) is 9.90 Å². The van der Waals surface area contributed by atoms with Crippen LogP contribution in [0.1, 0.15) is 46.3 Å². The summed E-state index contributed by atoms with van der Waals surface area (Å²) in [6.45, 7) is 2.57. The van der Waals surface area contributed by atoms with Crippen LogP contribution in [0.25, 0.3) is 0 Å². The smallest absolute Gasteiger partial charge is 0.345 e. The van der Waals surface area contributed by atoms with Gasteiger partial charge in [0.15, 0.2) is 0 Å². The van der Waals surface area contributed by atoms with Crippen LogP contribution in [0.2, 0.25) is 0 Å². The van der Waals surface area contributed by atoms with Crippen molar-refractivity contribution >= 4 is 28.9 Å². The fraction of sp³-hybridized carbons (Fsp3) is 0.500. The minimum absolute atomic E-state index is 0.0192. The summed E-state index contributed by atoms with van der Waals surface area (Å²) in [6, 6.07) is 11.6. The molecule has 1 fully saturated rings. The normalized spacial score (nSPS) is 24.4. The SMILES string of the molecule is CCc1cccc(OCC2C(O)CC(Cl)C2CCCc2ccc(C(=O)O)s2)c1. The number of hydrogen-bond donors (Lipinski definition) is 2. The second-order valence-electron chi connectivity index (χ2n) is 7.42. The molecule has 4 unspecified atom stereocenters. The molecule has 2 N–H and O–H groups in total. The first-order valence-electron chi connectivity index (χ1n) is 9.83. The van der Waals surface area contributed by atoms with Gasteiger partial charge in [-0.25, -0.2) is 4.79 Å². The molecule has 1 saturated carbocycles. The summed E-state index contributed by atoms with van der Waals surface area (Å²) >= 11 is 7.86. The number of ether oxygens (including phenoxy) is 1. The van der Waals surface area contributed by atoms with Gasteiger partial charge in [0.2, 0.25) is 0 Å². The second kappa shape index (κ2) is 9.77. The topological polar surface area (TPSA) is 66.8 Å². The zero-order valence-electron chi connectivity index (χ0n) is 16.0. The predicted molar refractivity (Wildman–Crippen MR) is 113 cm³/mol. The Morgan fingerprint density at radius 2 is 2.11 bits per heavy atom. The van der Waals surface area contributed by atoms with E-state index in [-0.39, 0.29) is 17.2 Å². The lowest BCUT2D eigenvalue weighted by Crippen LogP contribution is -2.27. The molecule has 1 aliphatic rings. The number of aromatic carboxylic acids is 1. The minimum Gasteiger partial charge on any atom is -0.493 e. The zero-order valence-corrected chi connectivity index (χ0v) is 17.6. The molecule has 0 bridgehead atoms. The summed E-state index contributed by atoms with van der Waals surface area (Å²) in [6.07, 6.45) is 3.76. The van der Waals surface area contributed by atoms with E-state index in [1.54, 1.807) is 6.07 Å². The maximum atomic E-state index is 11.0. The van der Waals surface area contributed by atoms with E-state index >= 15 is 0 Å². The molecular formula is C22H27ClO4S. The van der Waals surface area contributed by atoms with E-state index in [1.165, 1.54) is 16.9 Å². The number of hydrogen-bond acceptors (Lipinski definition) is 4. The van der Waals surface area contributed by atoms with Crippen LogP contribution >= 0.6 is 22.9 Å². The van der Waals surface area contributed by atoms with Crippen molar-refractivity contribution in [2.45, 2.75) is 50.5 Å². The Morgan fingerprint density at radius 1 is 1.29 bits per heavy atom. The van der Waals surface area contributed by atoms with E-state index in [4.69, 9.17) is 21.4 Å². The zero-order chi connectivity index (χ0) is 20.1. The number of rotatable bonds is 9. The van der Waals surface area contributed by atoms with E-state index in [0.29, 0.717) is 17.9 Å². The molecule has 6 heteroatoms. The Balaban J connectivity index is 1.54. The minimum atomic E-state index is -0.875. The number of halogens is 1. The molecule has 4 atom stereocenters. The summed E-state index contributed by atoms with van der Waals surface area (Å²) in [4.78, 5) is 12.5. The molecule has 1 aromatic carbocycles. The van der Waals surface area contributed by atoms with Crippen molar-refractivity contribution in [2.24, 2.45) is 11.8 Å². The summed E-state index contributed by atoms with van der Waals surface area (Å²) in [5.74, 6) is 0.180. The molecule has 1 heterocycles. The van der Waals surface area contributed by atoms with Crippen molar-refractivity contribution in [1.82, 2.24) is 0 Å². The molecule has 4 nitrogen and oxygen atoms in total. The molecule has 0 saturated heterocycles.